The molecule has 0 aromatic heterocycles. The number of rotatable bonds is 7. The summed E-state index contributed by atoms with van der Waals surface area (Å²) in [6.07, 6.45) is 9.07. The number of likely N-dealkylation sites (N-methyl/N-ethyl adjacent to an activating group) is 1. The quantitative estimate of drug-likeness (QED) is 0.542. The van der Waals surface area contributed by atoms with Crippen molar-refractivity contribution in [2.75, 3.05) is 7.05 Å². The maximum atomic E-state index is 14.7. The van der Waals surface area contributed by atoms with Crippen LogP contribution in [0.15, 0.2) is 52.4 Å². The van der Waals surface area contributed by atoms with E-state index in [1.54, 1.807) is 7.05 Å². The van der Waals surface area contributed by atoms with Gasteiger partial charge in [0.25, 0.3) is 5.91 Å². The summed E-state index contributed by atoms with van der Waals surface area (Å²) in [7, 11) is 1.60. The lowest BCUT2D eigenvalue weighted by molar-refractivity contribution is -0.115. The molecule has 0 spiro atoms. The Labute approximate surface area is 161 Å². The molecule has 1 amide bonds. The van der Waals surface area contributed by atoms with Gasteiger partial charge in [0.15, 0.2) is 5.83 Å². The van der Waals surface area contributed by atoms with Gasteiger partial charge in [0.05, 0.1) is 12.2 Å². The van der Waals surface area contributed by atoms with E-state index in [2.05, 4.69) is 17.0 Å². The van der Waals surface area contributed by atoms with E-state index in [1.807, 2.05) is 37.3 Å². The lowest BCUT2D eigenvalue weighted by Gasteiger charge is -2.19. The number of aliphatic imine (C=N–C) groups is 2. The fraction of sp³-hybridized carbons (Fsp3) is 0.409. The molecule has 4 nitrogen and oxygen atoms in total. The highest BCUT2D eigenvalue weighted by Crippen LogP contribution is 2.24. The average Bonchev–Trinajstić information content (AvgIpc) is 2.70. The summed E-state index contributed by atoms with van der Waals surface area (Å²) in [6.45, 7) is 5.32. The molecule has 144 valence electrons. The number of benzene rings is 1. The fourth-order valence-corrected chi connectivity index (χ4v) is 3.32. The van der Waals surface area contributed by atoms with Crippen molar-refractivity contribution in [2.24, 2.45) is 9.98 Å². The number of nitrogens with zero attached hydrogens (tertiary/aromatic N) is 2. The predicted octanol–water partition coefficient (Wildman–Crippen LogP) is 4.86. The van der Waals surface area contributed by atoms with Crippen LogP contribution in [0.2, 0.25) is 0 Å². The number of carbonyl (C=O) groups excluding carboxylic acids is 1. The monoisotopic (exact) mass is 369 g/mol. The highest BCUT2D eigenvalue weighted by molar-refractivity contribution is 6.20. The summed E-state index contributed by atoms with van der Waals surface area (Å²) < 4.78 is 14.7. The van der Waals surface area contributed by atoms with Gasteiger partial charge in [-0.3, -0.25) is 14.8 Å². The van der Waals surface area contributed by atoms with Crippen LogP contribution in [0, 0.1) is 0 Å². The van der Waals surface area contributed by atoms with Crippen LogP contribution < -0.4 is 5.32 Å². The van der Waals surface area contributed by atoms with Crippen molar-refractivity contribution in [3.8, 4) is 0 Å². The lowest BCUT2D eigenvalue weighted by Crippen LogP contribution is -2.19. The molecule has 0 bridgehead atoms. The zero-order valence-electron chi connectivity index (χ0n) is 16.2. The SMILES string of the molecule is C=N/C=C(/F)C(=NC1CCCCC1)c1cccc(/C(=C/CC)C(=O)NC)c1. The van der Waals surface area contributed by atoms with Crippen LogP contribution in [0.25, 0.3) is 5.57 Å². The van der Waals surface area contributed by atoms with Crippen LogP contribution in [0.3, 0.4) is 0 Å². The molecule has 0 saturated heterocycles. The first-order valence-corrected chi connectivity index (χ1v) is 9.53. The molecule has 2 rings (SSSR count). The minimum absolute atomic E-state index is 0.117. The summed E-state index contributed by atoms with van der Waals surface area (Å²) >= 11 is 0. The van der Waals surface area contributed by atoms with Crippen LogP contribution in [0.5, 0.6) is 0 Å². The van der Waals surface area contributed by atoms with Gasteiger partial charge in [-0.1, -0.05) is 50.5 Å². The molecule has 1 aliphatic rings. The Kier molecular flexibility index (Phi) is 8.11. The van der Waals surface area contributed by atoms with Crippen molar-refractivity contribution >= 4 is 23.9 Å². The van der Waals surface area contributed by atoms with Crippen LogP contribution in [-0.4, -0.2) is 31.4 Å². The molecule has 5 heteroatoms. The molecular formula is C22H28FN3O. The first kappa shape index (κ1) is 20.7. The Morgan fingerprint density at radius 2 is 2.00 bits per heavy atom. The average molecular weight is 369 g/mol. The van der Waals surface area contributed by atoms with Gasteiger partial charge in [-0.05, 0) is 37.6 Å². The third-order valence-electron chi connectivity index (χ3n) is 4.64. The van der Waals surface area contributed by atoms with E-state index in [0.29, 0.717) is 11.1 Å². The first-order valence-electron chi connectivity index (χ1n) is 9.53. The number of amides is 1. The highest BCUT2D eigenvalue weighted by Gasteiger charge is 2.18. The van der Waals surface area contributed by atoms with E-state index >= 15 is 0 Å². The molecule has 1 aromatic carbocycles. The number of hydrogen-bond donors (Lipinski definition) is 1. The Bertz CT molecular complexity index is 759. The third-order valence-corrected chi connectivity index (χ3v) is 4.64. The Hall–Kier alpha value is -2.56. The topological polar surface area (TPSA) is 53.8 Å². The van der Waals surface area contributed by atoms with E-state index in [4.69, 9.17) is 4.99 Å². The second kappa shape index (κ2) is 10.6. The molecule has 0 unspecified atom stereocenters. The van der Waals surface area contributed by atoms with Crippen molar-refractivity contribution in [3.63, 3.8) is 0 Å². The first-order chi connectivity index (χ1) is 13.1. The summed E-state index contributed by atoms with van der Waals surface area (Å²) in [5.74, 6) is -0.669. The van der Waals surface area contributed by atoms with Crippen LogP contribution in [0.1, 0.15) is 56.6 Å². The van der Waals surface area contributed by atoms with E-state index in [0.717, 1.165) is 43.9 Å². The number of hydrogen-bond acceptors (Lipinski definition) is 3. The molecule has 0 radical (unpaired) electrons. The Balaban J connectivity index is 2.48. The summed E-state index contributed by atoms with van der Waals surface area (Å²) in [6, 6.07) is 7.42. The zero-order valence-corrected chi connectivity index (χ0v) is 16.2. The maximum absolute atomic E-state index is 14.7. The van der Waals surface area contributed by atoms with Gasteiger partial charge in [0.2, 0.25) is 0 Å². The number of nitrogens with one attached hydrogen (secondary N) is 1. The second-order valence-corrected chi connectivity index (χ2v) is 6.62. The fourth-order valence-electron chi connectivity index (χ4n) is 3.32. The molecule has 0 aliphatic heterocycles. The van der Waals surface area contributed by atoms with Crippen molar-refractivity contribution in [1.82, 2.24) is 5.32 Å². The minimum Gasteiger partial charge on any atom is -0.355 e. The van der Waals surface area contributed by atoms with Crippen LogP contribution in [0.4, 0.5) is 4.39 Å². The molecular weight excluding hydrogens is 341 g/mol. The minimum atomic E-state index is -0.506. The van der Waals surface area contributed by atoms with Crippen LogP contribution in [-0.2, 0) is 4.79 Å². The van der Waals surface area contributed by atoms with Crippen molar-refractivity contribution in [3.05, 3.63) is 53.5 Å². The largest absolute Gasteiger partial charge is 0.355 e. The molecule has 0 atom stereocenters. The normalized spacial score (nSPS) is 16.9. The summed E-state index contributed by atoms with van der Waals surface area (Å²) in [5, 5.41) is 2.66. The number of carbonyl (C=O) groups is 1. The van der Waals surface area contributed by atoms with Crippen LogP contribution >= 0.6 is 0 Å². The molecule has 1 aliphatic carbocycles. The van der Waals surface area contributed by atoms with Gasteiger partial charge < -0.3 is 5.32 Å². The van der Waals surface area contributed by atoms with Gasteiger partial charge in [-0.25, -0.2) is 4.39 Å². The zero-order chi connectivity index (χ0) is 19.6. The van der Waals surface area contributed by atoms with Gasteiger partial charge in [0.1, 0.15) is 5.71 Å². The molecule has 1 aromatic rings. The molecule has 1 fully saturated rings. The van der Waals surface area contributed by atoms with Gasteiger partial charge in [-0.15, -0.1) is 0 Å². The Morgan fingerprint density at radius 1 is 1.30 bits per heavy atom. The van der Waals surface area contributed by atoms with E-state index in [9.17, 15) is 9.18 Å². The standard InChI is InChI=1S/C22H28FN3O/c1-4-9-19(22(27)25-3)16-10-8-11-17(14-16)21(20(23)15-24-2)26-18-12-6-5-7-13-18/h8-11,14-15,18H,2,4-7,12-13H2,1,3H3,(H,25,27)/b19-9-,20-15+,26-21?. The highest BCUT2D eigenvalue weighted by atomic mass is 19.1. The van der Waals surface area contributed by atoms with E-state index in [-0.39, 0.29) is 17.7 Å². The van der Waals surface area contributed by atoms with Gasteiger partial charge in [-0.2, -0.15) is 0 Å². The molecule has 1 saturated carbocycles. The molecule has 0 heterocycles. The van der Waals surface area contributed by atoms with E-state index < -0.39 is 5.83 Å². The van der Waals surface area contributed by atoms with E-state index in [1.165, 1.54) is 6.42 Å². The predicted molar refractivity (Wildman–Crippen MR) is 111 cm³/mol. The van der Waals surface area contributed by atoms with Crippen molar-refractivity contribution in [2.45, 2.75) is 51.5 Å². The smallest absolute Gasteiger partial charge is 0.251 e. The lowest BCUT2D eigenvalue weighted by atomic mass is 9.95. The number of halogens is 1. The molecule has 1 N–H and O–H groups in total. The third kappa shape index (κ3) is 5.71. The molecule has 27 heavy (non-hydrogen) atoms. The van der Waals surface area contributed by atoms with Gasteiger partial charge in [0, 0.05) is 18.2 Å². The Morgan fingerprint density at radius 3 is 2.63 bits per heavy atom. The summed E-state index contributed by atoms with van der Waals surface area (Å²) in [4.78, 5) is 20.5. The number of allylic oxidation sites excluding steroid dienone is 2. The second-order valence-electron chi connectivity index (χ2n) is 6.62. The van der Waals surface area contributed by atoms with Crippen molar-refractivity contribution in [1.29, 1.82) is 0 Å². The van der Waals surface area contributed by atoms with Crippen molar-refractivity contribution < 1.29 is 9.18 Å². The summed E-state index contributed by atoms with van der Waals surface area (Å²) in [5.41, 5.74) is 2.24. The maximum Gasteiger partial charge on any atom is 0.251 e. The van der Waals surface area contributed by atoms with Gasteiger partial charge >= 0.3 is 0 Å².